The lowest BCUT2D eigenvalue weighted by Gasteiger charge is -2.08. The van der Waals surface area contributed by atoms with Crippen LogP contribution in [0.4, 0.5) is 5.69 Å². The van der Waals surface area contributed by atoms with Gasteiger partial charge in [-0.15, -0.1) is 0 Å². The van der Waals surface area contributed by atoms with Gasteiger partial charge in [-0.1, -0.05) is 18.0 Å². The van der Waals surface area contributed by atoms with E-state index in [0.717, 1.165) is 37.1 Å². The quantitative estimate of drug-likeness (QED) is 0.0391. The predicted molar refractivity (Wildman–Crippen MR) is 157 cm³/mol. The molecular weight excluding hydrogens is 566 g/mol. The lowest BCUT2D eigenvalue weighted by molar-refractivity contribution is -0.727. The Morgan fingerprint density at radius 1 is 0.905 bits per heavy atom. The van der Waals surface area contributed by atoms with Gasteiger partial charge in [-0.05, 0) is 43.5 Å². The van der Waals surface area contributed by atoms with Crippen molar-refractivity contribution in [1.82, 2.24) is 5.32 Å². The van der Waals surface area contributed by atoms with E-state index in [9.17, 15) is 4.79 Å². The van der Waals surface area contributed by atoms with Crippen LogP contribution >= 0.6 is 11.6 Å². The largest absolute Gasteiger partial charge is 0.494 e. The average Bonchev–Trinajstić information content (AvgIpc) is 3.00. The molecule has 0 fully saturated rings. The molecule has 1 aromatic carbocycles. The highest BCUT2D eigenvalue weighted by atomic mass is 35.5. The molecule has 0 saturated heterocycles. The molecule has 12 nitrogen and oxygen atoms in total. The summed E-state index contributed by atoms with van der Waals surface area (Å²) in [7, 11) is 1.62. The molecule has 0 unspecified atom stereocenters. The second-order valence-electron chi connectivity index (χ2n) is 8.83. The highest BCUT2D eigenvalue weighted by Gasteiger charge is 2.08. The fourth-order valence-corrected chi connectivity index (χ4v) is 3.46. The maximum Gasteiger partial charge on any atom is 0.336 e. The summed E-state index contributed by atoms with van der Waals surface area (Å²) in [5.41, 5.74) is 0.728. The monoisotopic (exact) mass is 606 g/mol. The van der Waals surface area contributed by atoms with Crippen molar-refractivity contribution >= 4 is 29.2 Å². The lowest BCUT2D eigenvalue weighted by Crippen LogP contribution is -2.36. The number of nitriles is 1. The Hall–Kier alpha value is -3.47. The molecule has 2 rings (SSSR count). The fourth-order valence-electron chi connectivity index (χ4n) is 3.33. The zero-order valence-electron chi connectivity index (χ0n) is 24.1. The zero-order chi connectivity index (χ0) is 30.1. The summed E-state index contributed by atoms with van der Waals surface area (Å²) in [4.78, 5) is 16.3. The normalized spacial score (nSPS) is 11.1. The number of carbonyl (C=O) groups is 1. The van der Waals surface area contributed by atoms with Crippen LogP contribution in [0.2, 0.25) is 5.02 Å². The van der Waals surface area contributed by atoms with Crippen LogP contribution in [-0.2, 0) is 35.2 Å². The summed E-state index contributed by atoms with van der Waals surface area (Å²) in [5.74, 6) is 0.705. The number of esters is 1. The van der Waals surface area contributed by atoms with Crippen molar-refractivity contribution in [2.45, 2.75) is 32.4 Å². The van der Waals surface area contributed by atoms with E-state index >= 15 is 0 Å². The number of ether oxygens (including phenoxy) is 6. The molecule has 2 N–H and O–H groups in total. The van der Waals surface area contributed by atoms with E-state index in [-0.39, 0.29) is 19.9 Å². The van der Waals surface area contributed by atoms with E-state index in [1.165, 1.54) is 0 Å². The molecule has 1 heterocycles. The van der Waals surface area contributed by atoms with Gasteiger partial charge in [-0.2, -0.15) is 9.83 Å². The van der Waals surface area contributed by atoms with E-state index in [0.29, 0.717) is 57.2 Å². The second kappa shape index (κ2) is 23.1. The Morgan fingerprint density at radius 2 is 1.57 bits per heavy atom. The average molecular weight is 607 g/mol. The van der Waals surface area contributed by atoms with E-state index in [4.69, 9.17) is 45.3 Å². The summed E-state index contributed by atoms with van der Waals surface area (Å²) in [6, 6.07) is 10.9. The first-order chi connectivity index (χ1) is 20.6. The molecule has 0 saturated carbocycles. The maximum atomic E-state index is 11.9. The number of aliphatic imine (C=N–C) groups is 1. The van der Waals surface area contributed by atoms with Crippen LogP contribution in [0, 0.1) is 11.5 Å². The highest BCUT2D eigenvalue weighted by molar-refractivity contribution is 6.30. The number of anilines is 1. The molecular formula is C29H41ClN5O7+. The maximum absolute atomic E-state index is 11.9. The van der Waals surface area contributed by atoms with Crippen molar-refractivity contribution in [2.24, 2.45) is 4.99 Å². The van der Waals surface area contributed by atoms with Gasteiger partial charge in [0.05, 0.1) is 51.9 Å². The molecule has 0 spiro atoms. The molecule has 0 aliphatic heterocycles. The topological polar surface area (TPSA) is 137 Å². The van der Waals surface area contributed by atoms with Gasteiger partial charge >= 0.3 is 5.97 Å². The van der Waals surface area contributed by atoms with Crippen LogP contribution in [0.3, 0.4) is 0 Å². The van der Waals surface area contributed by atoms with E-state index in [2.05, 4.69) is 15.6 Å². The molecule has 0 aliphatic carbocycles. The van der Waals surface area contributed by atoms with Crippen molar-refractivity contribution in [2.75, 3.05) is 71.8 Å². The van der Waals surface area contributed by atoms with E-state index in [1.54, 1.807) is 36.2 Å². The number of nitrogens with zero attached hydrogens (tertiary/aromatic N) is 3. The number of rotatable bonds is 22. The Morgan fingerprint density at radius 3 is 2.26 bits per heavy atom. The summed E-state index contributed by atoms with van der Waals surface area (Å²) < 4.78 is 33.4. The molecule has 0 bridgehead atoms. The van der Waals surface area contributed by atoms with Gasteiger partial charge in [0, 0.05) is 30.8 Å². The number of nitrogens with one attached hydrogen (secondary N) is 2. The third kappa shape index (κ3) is 17.4. The van der Waals surface area contributed by atoms with Crippen LogP contribution in [-0.4, -0.2) is 78.4 Å². The number of guanidine groups is 1. The van der Waals surface area contributed by atoms with Crippen molar-refractivity contribution in [1.29, 1.82) is 5.26 Å². The second-order valence-corrected chi connectivity index (χ2v) is 9.26. The summed E-state index contributed by atoms with van der Waals surface area (Å²) in [5, 5.41) is 15.4. The molecule has 230 valence electrons. The number of aromatic nitrogens is 1. The predicted octanol–water partition coefficient (Wildman–Crippen LogP) is 3.30. The van der Waals surface area contributed by atoms with Gasteiger partial charge < -0.3 is 33.7 Å². The third-order valence-electron chi connectivity index (χ3n) is 5.50. The summed E-state index contributed by atoms with van der Waals surface area (Å²) in [6.45, 7) is 3.74. The number of carbonyl (C=O) groups excluding carboxylic acids is 1. The Bertz CT molecular complexity index is 1070. The Balaban J connectivity index is 1.55. The molecule has 13 heteroatoms. The number of unbranched alkanes of at least 4 members (excludes halogenated alkanes) is 3. The van der Waals surface area contributed by atoms with Crippen LogP contribution in [0.1, 0.15) is 25.7 Å². The lowest BCUT2D eigenvalue weighted by atomic mass is 10.2. The van der Waals surface area contributed by atoms with Gasteiger partial charge in [-0.3, -0.25) is 10.3 Å². The number of halogens is 1. The van der Waals surface area contributed by atoms with Crippen molar-refractivity contribution < 1.29 is 37.8 Å². The number of methoxy groups -OCH3 is 1. The minimum absolute atomic E-state index is 0.0416. The van der Waals surface area contributed by atoms with E-state index < -0.39 is 5.97 Å². The summed E-state index contributed by atoms with van der Waals surface area (Å²) >= 11 is 5.88. The van der Waals surface area contributed by atoms with Crippen molar-refractivity contribution in [3.63, 3.8) is 0 Å². The standard InChI is InChI=1S/C29H40ClN5O7/c1-37-16-17-38-18-19-39-20-21-40-22-28(36)42-24-35-13-10-26(11-14-35)34-29(33-23-31)32-12-4-2-3-5-15-41-27-8-6-25(30)7-9-27/h6-11,13-14H,2-5,12,15-22,24H2,1H3,(H,32,33)/p+1. The van der Waals surface area contributed by atoms with Crippen molar-refractivity contribution in [3.8, 4) is 11.9 Å². The molecule has 1 aromatic heterocycles. The third-order valence-corrected chi connectivity index (χ3v) is 5.76. The van der Waals surface area contributed by atoms with Gasteiger partial charge in [0.25, 0.3) is 6.73 Å². The minimum Gasteiger partial charge on any atom is -0.494 e. The van der Waals surface area contributed by atoms with E-state index in [1.807, 2.05) is 30.5 Å². The molecule has 2 aromatic rings. The minimum atomic E-state index is -0.477. The molecule has 0 aliphatic rings. The SMILES string of the molecule is COCCOCCOCCOCC(=O)OC[n+]1ccc(NC(=NCCCCCCOc2ccc(Cl)cc2)NC#N)cc1. The number of pyridine rings is 1. The van der Waals surface area contributed by atoms with Crippen LogP contribution < -0.4 is 19.9 Å². The highest BCUT2D eigenvalue weighted by Crippen LogP contribution is 2.16. The van der Waals surface area contributed by atoms with Crippen LogP contribution in [0.25, 0.3) is 0 Å². The number of hydrogen-bond acceptors (Lipinski definition) is 9. The molecule has 0 radical (unpaired) electrons. The van der Waals surface area contributed by atoms with Gasteiger partial charge in [0.15, 0.2) is 18.6 Å². The van der Waals surface area contributed by atoms with Crippen LogP contribution in [0.15, 0.2) is 53.8 Å². The smallest absolute Gasteiger partial charge is 0.336 e. The first-order valence-electron chi connectivity index (χ1n) is 13.8. The Labute approximate surface area is 252 Å². The van der Waals surface area contributed by atoms with Gasteiger partial charge in [-0.25, -0.2) is 4.79 Å². The number of benzene rings is 1. The zero-order valence-corrected chi connectivity index (χ0v) is 24.9. The first kappa shape index (κ1) is 34.7. The fraction of sp³-hybridized carbons (Fsp3) is 0.517. The van der Waals surface area contributed by atoms with Crippen LogP contribution in [0.5, 0.6) is 5.75 Å². The molecule has 0 amide bonds. The van der Waals surface area contributed by atoms with Gasteiger partial charge in [0.2, 0.25) is 5.96 Å². The van der Waals surface area contributed by atoms with Crippen molar-refractivity contribution in [3.05, 3.63) is 53.8 Å². The number of hydrogen-bond donors (Lipinski definition) is 2. The molecule has 0 atom stereocenters. The molecule has 42 heavy (non-hydrogen) atoms. The Kier molecular flexibility index (Phi) is 19.1. The van der Waals surface area contributed by atoms with Gasteiger partial charge in [0.1, 0.15) is 12.4 Å². The summed E-state index contributed by atoms with van der Waals surface area (Å²) in [6.07, 6.45) is 9.25. The first-order valence-corrected chi connectivity index (χ1v) is 14.2.